The number of carbonyl (C=O) groups is 3. The van der Waals surface area contributed by atoms with Crippen LogP contribution in [-0.4, -0.2) is 22.6 Å². The summed E-state index contributed by atoms with van der Waals surface area (Å²) in [5.41, 5.74) is 2.24. The summed E-state index contributed by atoms with van der Waals surface area (Å²) in [6.07, 6.45) is 0. The molecule has 0 fully saturated rings. The average Bonchev–Trinajstić information content (AvgIpc) is 2.67. The highest BCUT2D eigenvalue weighted by Gasteiger charge is 2.21. The van der Waals surface area contributed by atoms with Gasteiger partial charge in [0.15, 0.2) is 0 Å². The number of Topliss-reactive ketones (excluding diaryl/α,β-unsaturated/α-hetero) is 2. The van der Waals surface area contributed by atoms with Crippen LogP contribution in [-0.2, 0) is 0 Å². The largest absolute Gasteiger partial charge is 0.478 e. The van der Waals surface area contributed by atoms with Crippen LogP contribution in [0.1, 0.15) is 36.6 Å². The second-order valence-electron chi connectivity index (χ2n) is 6.05. The van der Waals surface area contributed by atoms with Gasteiger partial charge >= 0.3 is 5.97 Å². The van der Waals surface area contributed by atoms with Crippen molar-refractivity contribution in [3.8, 4) is 11.1 Å². The zero-order chi connectivity index (χ0) is 19.6. The summed E-state index contributed by atoms with van der Waals surface area (Å²) in [6.45, 7) is 1.80. The Labute approximate surface area is 161 Å². The Morgan fingerprint density at radius 2 is 1.44 bits per heavy atom. The number of carboxylic acid groups (broad SMARTS) is 1. The van der Waals surface area contributed by atoms with Crippen molar-refractivity contribution in [3.05, 3.63) is 94.0 Å². The van der Waals surface area contributed by atoms with Gasteiger partial charge in [-0.1, -0.05) is 54.1 Å². The van der Waals surface area contributed by atoms with E-state index in [4.69, 9.17) is 11.6 Å². The van der Waals surface area contributed by atoms with Crippen molar-refractivity contribution >= 4 is 29.1 Å². The maximum Gasteiger partial charge on any atom is 0.336 e. The van der Waals surface area contributed by atoms with Gasteiger partial charge in [0, 0.05) is 16.1 Å². The molecule has 27 heavy (non-hydrogen) atoms. The molecule has 134 valence electrons. The minimum atomic E-state index is -1.12. The number of aromatic carboxylic acids is 1. The van der Waals surface area contributed by atoms with E-state index in [0.717, 1.165) is 5.56 Å². The zero-order valence-corrected chi connectivity index (χ0v) is 15.2. The van der Waals surface area contributed by atoms with Gasteiger partial charge in [0.1, 0.15) is 0 Å². The minimum Gasteiger partial charge on any atom is -0.478 e. The first-order valence-electron chi connectivity index (χ1n) is 8.16. The molecule has 0 radical (unpaired) electrons. The lowest BCUT2D eigenvalue weighted by molar-refractivity contribution is 0.0697. The van der Waals surface area contributed by atoms with Crippen LogP contribution in [0.3, 0.4) is 0 Å². The quantitative estimate of drug-likeness (QED) is 0.496. The van der Waals surface area contributed by atoms with Crippen LogP contribution < -0.4 is 0 Å². The Bertz CT molecular complexity index is 1060. The molecule has 3 aromatic carbocycles. The fourth-order valence-corrected chi connectivity index (χ4v) is 3.10. The number of hydrogen-bond acceptors (Lipinski definition) is 3. The highest BCUT2D eigenvalue weighted by atomic mass is 35.5. The van der Waals surface area contributed by atoms with E-state index >= 15 is 0 Å². The van der Waals surface area contributed by atoms with Crippen molar-refractivity contribution in [2.45, 2.75) is 6.92 Å². The van der Waals surface area contributed by atoms with Crippen LogP contribution in [0, 0.1) is 6.92 Å². The molecule has 5 heteroatoms. The Kier molecular flexibility index (Phi) is 5.19. The predicted molar refractivity (Wildman–Crippen MR) is 104 cm³/mol. The van der Waals surface area contributed by atoms with Crippen molar-refractivity contribution < 1.29 is 19.5 Å². The number of hydrogen-bond donors (Lipinski definition) is 1. The van der Waals surface area contributed by atoms with Crippen LogP contribution in [0.4, 0.5) is 0 Å². The molecule has 0 aliphatic heterocycles. The third-order valence-corrected chi connectivity index (χ3v) is 4.47. The topological polar surface area (TPSA) is 71.4 Å². The molecule has 0 aliphatic rings. The Morgan fingerprint density at radius 3 is 2.07 bits per heavy atom. The third kappa shape index (κ3) is 3.81. The molecule has 1 N–H and O–H groups in total. The summed E-state index contributed by atoms with van der Waals surface area (Å²) < 4.78 is 0. The molecule has 0 heterocycles. The van der Waals surface area contributed by atoms with Gasteiger partial charge in [0.2, 0.25) is 11.6 Å². The van der Waals surface area contributed by atoms with Gasteiger partial charge < -0.3 is 5.11 Å². The molecule has 0 unspecified atom stereocenters. The molecule has 3 rings (SSSR count). The van der Waals surface area contributed by atoms with Crippen molar-refractivity contribution in [1.82, 2.24) is 0 Å². The SMILES string of the molecule is Cc1cc(Cl)ccc1-c1cc(C(=O)C(=O)c2ccccc2)ccc1C(=O)O. The molecular formula is C22H15ClO4. The fourth-order valence-electron chi connectivity index (χ4n) is 2.88. The first-order valence-corrected chi connectivity index (χ1v) is 8.54. The summed E-state index contributed by atoms with van der Waals surface area (Å²) >= 11 is 5.98. The van der Waals surface area contributed by atoms with Gasteiger partial charge in [-0.3, -0.25) is 9.59 Å². The molecule has 3 aromatic rings. The summed E-state index contributed by atoms with van der Waals surface area (Å²) in [6, 6.07) is 17.5. The second kappa shape index (κ2) is 7.56. The molecule has 0 spiro atoms. The summed E-state index contributed by atoms with van der Waals surface area (Å²) in [4.78, 5) is 36.7. The Hall–Kier alpha value is -3.24. The Balaban J connectivity index is 2.10. The highest BCUT2D eigenvalue weighted by Crippen LogP contribution is 2.30. The van der Waals surface area contributed by atoms with Gasteiger partial charge in [0.25, 0.3) is 0 Å². The Morgan fingerprint density at radius 1 is 0.778 bits per heavy atom. The van der Waals surface area contributed by atoms with Crippen LogP contribution in [0.2, 0.25) is 5.02 Å². The number of benzene rings is 3. The van der Waals surface area contributed by atoms with Gasteiger partial charge in [-0.15, -0.1) is 0 Å². The number of rotatable bonds is 5. The number of halogens is 1. The van der Waals surface area contributed by atoms with Gasteiger partial charge in [-0.25, -0.2) is 4.79 Å². The van der Waals surface area contributed by atoms with Crippen molar-refractivity contribution in [3.63, 3.8) is 0 Å². The summed E-state index contributed by atoms with van der Waals surface area (Å²) in [5.74, 6) is -2.45. The average molecular weight is 379 g/mol. The molecule has 0 bridgehead atoms. The monoisotopic (exact) mass is 378 g/mol. The lowest BCUT2D eigenvalue weighted by Gasteiger charge is -2.12. The summed E-state index contributed by atoms with van der Waals surface area (Å²) in [5, 5.41) is 10.0. The van der Waals surface area contributed by atoms with Gasteiger partial charge in [-0.2, -0.15) is 0 Å². The van der Waals surface area contributed by atoms with Crippen molar-refractivity contribution in [1.29, 1.82) is 0 Å². The molecule has 0 atom stereocenters. The highest BCUT2D eigenvalue weighted by molar-refractivity contribution is 6.49. The first-order chi connectivity index (χ1) is 12.9. The first kappa shape index (κ1) is 18.5. The van der Waals surface area contributed by atoms with E-state index in [1.54, 1.807) is 55.5 Å². The molecule has 0 aliphatic carbocycles. The van der Waals surface area contributed by atoms with E-state index in [0.29, 0.717) is 16.1 Å². The number of carbonyl (C=O) groups excluding carboxylic acids is 2. The predicted octanol–water partition coefficient (Wildman–Crippen LogP) is 5.08. The van der Waals surface area contributed by atoms with E-state index in [1.165, 1.54) is 18.2 Å². The number of carboxylic acids is 1. The van der Waals surface area contributed by atoms with Crippen LogP contribution >= 0.6 is 11.6 Å². The number of ketones is 2. The van der Waals surface area contributed by atoms with E-state index in [1.807, 2.05) is 0 Å². The lowest BCUT2D eigenvalue weighted by atomic mass is 9.92. The standard InChI is InChI=1S/C22H15ClO4/c1-13-11-16(23)8-10-17(13)19-12-15(7-9-18(19)22(26)27)21(25)20(24)14-5-3-2-4-6-14/h2-12H,1H3,(H,26,27). The molecule has 0 saturated heterocycles. The fraction of sp³-hybridized carbons (Fsp3) is 0.0455. The lowest BCUT2D eigenvalue weighted by Crippen LogP contribution is -2.15. The minimum absolute atomic E-state index is 0.0455. The molecule has 0 aromatic heterocycles. The van der Waals surface area contributed by atoms with Crippen molar-refractivity contribution in [2.24, 2.45) is 0 Å². The van der Waals surface area contributed by atoms with E-state index in [9.17, 15) is 19.5 Å². The zero-order valence-electron chi connectivity index (χ0n) is 14.4. The van der Waals surface area contributed by atoms with E-state index < -0.39 is 17.5 Å². The van der Waals surface area contributed by atoms with Crippen LogP contribution in [0.15, 0.2) is 66.7 Å². The maximum atomic E-state index is 12.6. The second-order valence-corrected chi connectivity index (χ2v) is 6.49. The van der Waals surface area contributed by atoms with Gasteiger partial charge in [-0.05, 0) is 47.9 Å². The molecule has 0 amide bonds. The molecule has 0 saturated carbocycles. The smallest absolute Gasteiger partial charge is 0.336 e. The van der Waals surface area contributed by atoms with E-state index in [2.05, 4.69) is 0 Å². The van der Waals surface area contributed by atoms with Crippen LogP contribution in [0.5, 0.6) is 0 Å². The number of aryl methyl sites for hydroxylation is 1. The summed E-state index contributed by atoms with van der Waals surface area (Å²) in [7, 11) is 0. The van der Waals surface area contributed by atoms with Gasteiger partial charge in [0.05, 0.1) is 5.56 Å². The maximum absolute atomic E-state index is 12.6. The third-order valence-electron chi connectivity index (χ3n) is 4.23. The molecule has 4 nitrogen and oxygen atoms in total. The van der Waals surface area contributed by atoms with Crippen LogP contribution in [0.25, 0.3) is 11.1 Å². The van der Waals surface area contributed by atoms with Crippen molar-refractivity contribution in [2.75, 3.05) is 0 Å². The normalized spacial score (nSPS) is 10.4. The van der Waals surface area contributed by atoms with E-state index in [-0.39, 0.29) is 16.7 Å². The molecular weight excluding hydrogens is 364 g/mol.